The molecule has 0 aromatic heterocycles. The van der Waals surface area contributed by atoms with Gasteiger partial charge in [-0.25, -0.2) is 0 Å². The molecular formula is C24H22O. The maximum atomic E-state index is 10.1. The lowest BCUT2D eigenvalue weighted by Crippen LogP contribution is -1.99. The molecule has 0 spiro atoms. The Balaban J connectivity index is 2.14. The van der Waals surface area contributed by atoms with Crippen molar-refractivity contribution in [3.63, 3.8) is 0 Å². The third kappa shape index (κ3) is 2.35. The normalized spacial score (nSPS) is 11.4. The molecule has 0 amide bonds. The molecule has 0 heterocycles. The highest BCUT2D eigenvalue weighted by Crippen LogP contribution is 2.39. The summed E-state index contributed by atoms with van der Waals surface area (Å²) < 4.78 is 0. The summed E-state index contributed by atoms with van der Waals surface area (Å²) in [5.41, 5.74) is 7.30. The van der Waals surface area contributed by atoms with Gasteiger partial charge in [-0.1, -0.05) is 60.7 Å². The second kappa shape index (κ2) is 6.02. The first-order valence-electron chi connectivity index (χ1n) is 8.74. The van der Waals surface area contributed by atoms with Gasteiger partial charge in [-0.05, 0) is 75.7 Å². The fraction of sp³-hybridized carbons (Fsp3) is 0.167. The molecule has 4 rings (SSSR count). The highest BCUT2D eigenvalue weighted by molar-refractivity contribution is 5.99. The lowest BCUT2D eigenvalue weighted by molar-refractivity contribution is 0.284. The summed E-state index contributed by atoms with van der Waals surface area (Å²) in [5, 5.41) is 15.0. The van der Waals surface area contributed by atoms with E-state index in [0.717, 1.165) is 16.5 Å². The first-order chi connectivity index (χ1) is 12.1. The fourth-order valence-corrected chi connectivity index (χ4v) is 4.09. The molecule has 0 fully saturated rings. The van der Waals surface area contributed by atoms with Crippen LogP contribution in [0.4, 0.5) is 0 Å². The smallest absolute Gasteiger partial charge is 0.0693 e. The van der Waals surface area contributed by atoms with Crippen LogP contribution in [0, 0.1) is 20.8 Å². The number of fused-ring (bicyclic) bond motifs is 2. The van der Waals surface area contributed by atoms with Crippen molar-refractivity contribution in [3.8, 4) is 11.1 Å². The van der Waals surface area contributed by atoms with E-state index in [1.807, 2.05) is 12.1 Å². The minimum atomic E-state index is 0.0431. The standard InChI is InChI=1S/C24H22O/c1-15-16(2)24(17(3)20-10-7-6-9-19(15)20)22-13-12-18-8-4-5-11-21(18)23(22)14-25/h4-13,25H,14H2,1-3H3. The number of hydrogen-bond acceptors (Lipinski definition) is 1. The summed E-state index contributed by atoms with van der Waals surface area (Å²) in [6.45, 7) is 6.63. The van der Waals surface area contributed by atoms with Crippen molar-refractivity contribution in [1.82, 2.24) is 0 Å². The van der Waals surface area contributed by atoms with Gasteiger partial charge in [0.1, 0.15) is 0 Å². The van der Waals surface area contributed by atoms with Crippen molar-refractivity contribution < 1.29 is 5.11 Å². The van der Waals surface area contributed by atoms with Crippen molar-refractivity contribution in [2.24, 2.45) is 0 Å². The topological polar surface area (TPSA) is 20.2 Å². The van der Waals surface area contributed by atoms with Crippen LogP contribution >= 0.6 is 0 Å². The van der Waals surface area contributed by atoms with Crippen LogP contribution in [0.3, 0.4) is 0 Å². The Kier molecular flexibility index (Phi) is 3.82. The zero-order chi connectivity index (χ0) is 17.6. The van der Waals surface area contributed by atoms with Crippen molar-refractivity contribution >= 4 is 21.5 Å². The predicted molar refractivity (Wildman–Crippen MR) is 107 cm³/mol. The Labute approximate surface area is 148 Å². The van der Waals surface area contributed by atoms with Gasteiger partial charge in [0.2, 0.25) is 0 Å². The molecule has 0 atom stereocenters. The van der Waals surface area contributed by atoms with Gasteiger partial charge in [-0.3, -0.25) is 0 Å². The largest absolute Gasteiger partial charge is 0.392 e. The number of aliphatic hydroxyl groups excluding tert-OH is 1. The molecule has 0 aliphatic heterocycles. The van der Waals surface area contributed by atoms with Crippen molar-refractivity contribution in [2.75, 3.05) is 0 Å². The zero-order valence-electron chi connectivity index (χ0n) is 14.9. The Morgan fingerprint density at radius 1 is 0.640 bits per heavy atom. The van der Waals surface area contributed by atoms with Gasteiger partial charge in [0, 0.05) is 0 Å². The SMILES string of the molecule is Cc1c(-c2ccc3ccccc3c2CO)c(C)c2ccccc2c1C. The predicted octanol–water partition coefficient (Wildman–Crippen LogP) is 6.08. The van der Waals surface area contributed by atoms with Gasteiger partial charge in [-0.15, -0.1) is 0 Å². The third-order valence-corrected chi connectivity index (χ3v) is 5.52. The summed E-state index contributed by atoms with van der Waals surface area (Å²) in [6, 6.07) is 21.2. The summed E-state index contributed by atoms with van der Waals surface area (Å²) >= 11 is 0. The second-order valence-electron chi connectivity index (χ2n) is 6.77. The molecular weight excluding hydrogens is 304 g/mol. The third-order valence-electron chi connectivity index (χ3n) is 5.52. The molecule has 1 nitrogen and oxygen atoms in total. The maximum Gasteiger partial charge on any atom is 0.0693 e. The quantitative estimate of drug-likeness (QED) is 0.473. The van der Waals surface area contributed by atoms with E-state index >= 15 is 0 Å². The van der Waals surface area contributed by atoms with Gasteiger partial charge in [-0.2, -0.15) is 0 Å². The van der Waals surface area contributed by atoms with E-state index in [0.29, 0.717) is 0 Å². The van der Waals surface area contributed by atoms with Gasteiger partial charge in [0.15, 0.2) is 0 Å². The van der Waals surface area contributed by atoms with Crippen LogP contribution in [0.25, 0.3) is 32.7 Å². The molecule has 1 N–H and O–H groups in total. The first-order valence-corrected chi connectivity index (χ1v) is 8.74. The van der Waals surface area contributed by atoms with E-state index in [9.17, 15) is 5.11 Å². The van der Waals surface area contributed by atoms with Crippen LogP contribution in [-0.4, -0.2) is 5.11 Å². The molecule has 0 saturated heterocycles. The Morgan fingerprint density at radius 3 is 1.92 bits per heavy atom. The van der Waals surface area contributed by atoms with Gasteiger partial charge >= 0.3 is 0 Å². The van der Waals surface area contributed by atoms with Crippen molar-refractivity contribution in [1.29, 1.82) is 0 Å². The molecule has 0 bridgehead atoms. The molecule has 25 heavy (non-hydrogen) atoms. The molecule has 124 valence electrons. The van der Waals surface area contributed by atoms with E-state index in [4.69, 9.17) is 0 Å². The molecule has 0 unspecified atom stereocenters. The van der Waals surface area contributed by atoms with E-state index in [-0.39, 0.29) is 6.61 Å². The Bertz CT molecular complexity index is 1110. The van der Waals surface area contributed by atoms with Gasteiger partial charge in [0.05, 0.1) is 6.61 Å². The average molecular weight is 326 g/mol. The second-order valence-corrected chi connectivity index (χ2v) is 6.77. The molecule has 0 aliphatic rings. The van der Waals surface area contributed by atoms with E-state index < -0.39 is 0 Å². The molecule has 0 radical (unpaired) electrons. The van der Waals surface area contributed by atoms with Crippen LogP contribution in [-0.2, 0) is 6.61 Å². The Hall–Kier alpha value is -2.64. The zero-order valence-corrected chi connectivity index (χ0v) is 14.9. The summed E-state index contributed by atoms with van der Waals surface area (Å²) in [7, 11) is 0. The van der Waals surface area contributed by atoms with Crippen molar-refractivity contribution in [3.05, 3.63) is 82.9 Å². The van der Waals surface area contributed by atoms with Crippen LogP contribution in [0.5, 0.6) is 0 Å². The number of benzene rings is 4. The minimum absolute atomic E-state index is 0.0431. The lowest BCUT2D eigenvalue weighted by Gasteiger charge is -2.20. The average Bonchev–Trinajstić information content (AvgIpc) is 2.66. The molecule has 4 aromatic carbocycles. The minimum Gasteiger partial charge on any atom is -0.392 e. The van der Waals surface area contributed by atoms with Crippen LogP contribution < -0.4 is 0 Å². The van der Waals surface area contributed by atoms with Gasteiger partial charge < -0.3 is 5.11 Å². The van der Waals surface area contributed by atoms with Crippen molar-refractivity contribution in [2.45, 2.75) is 27.4 Å². The maximum absolute atomic E-state index is 10.1. The highest BCUT2D eigenvalue weighted by atomic mass is 16.3. The highest BCUT2D eigenvalue weighted by Gasteiger charge is 2.17. The number of hydrogen-bond donors (Lipinski definition) is 1. The lowest BCUT2D eigenvalue weighted by atomic mass is 9.84. The number of rotatable bonds is 2. The summed E-state index contributed by atoms with van der Waals surface area (Å²) in [5.74, 6) is 0. The summed E-state index contributed by atoms with van der Waals surface area (Å²) in [4.78, 5) is 0. The first kappa shape index (κ1) is 15.9. The van der Waals surface area contributed by atoms with E-state index in [1.165, 1.54) is 38.4 Å². The molecule has 1 heteroatoms. The summed E-state index contributed by atoms with van der Waals surface area (Å²) in [6.07, 6.45) is 0. The monoisotopic (exact) mass is 326 g/mol. The molecule has 0 saturated carbocycles. The van der Waals surface area contributed by atoms with Crippen LogP contribution in [0.15, 0.2) is 60.7 Å². The van der Waals surface area contributed by atoms with Crippen LogP contribution in [0.1, 0.15) is 22.3 Å². The number of aryl methyl sites for hydroxylation is 2. The van der Waals surface area contributed by atoms with E-state index in [1.54, 1.807) is 0 Å². The molecule has 4 aromatic rings. The van der Waals surface area contributed by atoms with Gasteiger partial charge in [0.25, 0.3) is 0 Å². The van der Waals surface area contributed by atoms with Crippen LogP contribution in [0.2, 0.25) is 0 Å². The Morgan fingerprint density at radius 2 is 1.24 bits per heavy atom. The number of aliphatic hydroxyl groups is 1. The van der Waals surface area contributed by atoms with E-state index in [2.05, 4.69) is 69.3 Å². The molecule has 0 aliphatic carbocycles. The fourth-order valence-electron chi connectivity index (χ4n) is 4.09.